The number of hydrogen-bond donors (Lipinski definition) is 3. The van der Waals surface area contributed by atoms with E-state index >= 15 is 0 Å². The number of allylic oxidation sites excluding steroid dienone is 1. The lowest BCUT2D eigenvalue weighted by Gasteiger charge is -2.15. The number of hydrogen-bond acceptors (Lipinski definition) is 7. The second kappa shape index (κ2) is 6.90. The van der Waals surface area contributed by atoms with Crippen LogP contribution < -0.4 is 25.8 Å². The van der Waals surface area contributed by atoms with Crippen molar-refractivity contribution < 1.29 is 18.3 Å². The molecule has 0 aliphatic carbocycles. The highest BCUT2D eigenvalue weighted by Gasteiger charge is 2.45. The standard InChI is InChI=1S/C19H21F2N5O2/c1-10-15(17(23-2)26-18(22)25-10)12-8-13(11-4-3-6-24-7-5-11)16-14(9-12)27-19(20,21)28-16/h5,8-9,24H,3-4,6-7H2,1-2H3,(H3,22,23,25,26). The van der Waals surface area contributed by atoms with E-state index in [9.17, 15) is 8.78 Å². The lowest BCUT2D eigenvalue weighted by atomic mass is 9.94. The van der Waals surface area contributed by atoms with Crippen LogP contribution in [0.4, 0.5) is 20.5 Å². The second-order valence-corrected chi connectivity index (χ2v) is 6.70. The van der Waals surface area contributed by atoms with E-state index in [1.807, 2.05) is 12.1 Å². The summed E-state index contributed by atoms with van der Waals surface area (Å²) in [4.78, 5) is 8.44. The van der Waals surface area contributed by atoms with Crippen LogP contribution in [0.25, 0.3) is 16.7 Å². The summed E-state index contributed by atoms with van der Waals surface area (Å²) < 4.78 is 37.3. The Labute approximate surface area is 161 Å². The van der Waals surface area contributed by atoms with Crippen LogP contribution in [-0.4, -0.2) is 36.4 Å². The Kier molecular flexibility index (Phi) is 4.54. The zero-order valence-corrected chi connectivity index (χ0v) is 15.6. The van der Waals surface area contributed by atoms with Crippen LogP contribution in [0.15, 0.2) is 18.2 Å². The Bertz CT molecular complexity index is 962. The average Bonchev–Trinajstić information content (AvgIpc) is 2.80. The molecule has 9 heteroatoms. The summed E-state index contributed by atoms with van der Waals surface area (Å²) in [5, 5.41) is 6.26. The van der Waals surface area contributed by atoms with Crippen molar-refractivity contribution in [1.82, 2.24) is 15.3 Å². The second-order valence-electron chi connectivity index (χ2n) is 6.70. The summed E-state index contributed by atoms with van der Waals surface area (Å²) in [6.45, 7) is 3.32. The molecule has 0 fully saturated rings. The molecule has 4 N–H and O–H groups in total. The molecule has 2 aliphatic heterocycles. The highest BCUT2D eigenvalue weighted by Crippen LogP contribution is 2.49. The number of aromatic nitrogens is 2. The fourth-order valence-electron chi connectivity index (χ4n) is 3.60. The van der Waals surface area contributed by atoms with Gasteiger partial charge in [-0.05, 0) is 49.6 Å². The smallest absolute Gasteiger partial charge is 0.395 e. The third kappa shape index (κ3) is 3.33. The van der Waals surface area contributed by atoms with Crippen LogP contribution in [0.3, 0.4) is 0 Å². The summed E-state index contributed by atoms with van der Waals surface area (Å²) in [6.07, 6.45) is -0.0585. The minimum Gasteiger partial charge on any atom is -0.395 e. The normalized spacial score (nSPS) is 17.8. The number of aryl methyl sites for hydroxylation is 1. The summed E-state index contributed by atoms with van der Waals surface area (Å²) in [7, 11) is 1.71. The van der Waals surface area contributed by atoms with Gasteiger partial charge in [-0.1, -0.05) is 6.08 Å². The molecule has 0 unspecified atom stereocenters. The summed E-state index contributed by atoms with van der Waals surface area (Å²) in [5.74, 6) is 0.699. The van der Waals surface area contributed by atoms with Gasteiger partial charge in [0.25, 0.3) is 0 Å². The SMILES string of the molecule is CNc1nc(N)nc(C)c1-c1cc2c(c(C3=CCNCCC3)c1)OC(F)(F)O2. The van der Waals surface area contributed by atoms with Crippen LogP contribution in [0, 0.1) is 6.92 Å². The largest absolute Gasteiger partial charge is 0.586 e. The number of benzene rings is 1. The van der Waals surface area contributed by atoms with Crippen molar-refractivity contribution in [3.05, 3.63) is 29.5 Å². The first-order chi connectivity index (χ1) is 13.4. The number of ether oxygens (including phenoxy) is 2. The van der Waals surface area contributed by atoms with Crippen molar-refractivity contribution >= 4 is 17.3 Å². The number of alkyl halides is 2. The van der Waals surface area contributed by atoms with Crippen molar-refractivity contribution in [1.29, 1.82) is 0 Å². The lowest BCUT2D eigenvalue weighted by Crippen LogP contribution is -2.26. The third-order valence-corrected chi connectivity index (χ3v) is 4.78. The van der Waals surface area contributed by atoms with Crippen LogP contribution in [0.5, 0.6) is 11.5 Å². The van der Waals surface area contributed by atoms with Gasteiger partial charge in [-0.3, -0.25) is 0 Å². The Hall–Kier alpha value is -2.94. The van der Waals surface area contributed by atoms with Crippen molar-refractivity contribution in [2.45, 2.75) is 26.1 Å². The van der Waals surface area contributed by atoms with Crippen LogP contribution >= 0.6 is 0 Å². The van der Waals surface area contributed by atoms with Gasteiger partial charge in [-0.25, -0.2) is 4.98 Å². The molecule has 2 aliphatic rings. The van der Waals surface area contributed by atoms with E-state index in [2.05, 4.69) is 20.6 Å². The molecule has 0 radical (unpaired) electrons. The van der Waals surface area contributed by atoms with E-state index in [0.29, 0.717) is 34.7 Å². The quantitative estimate of drug-likeness (QED) is 0.742. The third-order valence-electron chi connectivity index (χ3n) is 4.78. The molecule has 2 aromatic rings. The van der Waals surface area contributed by atoms with Crippen molar-refractivity contribution in [2.75, 3.05) is 31.2 Å². The van der Waals surface area contributed by atoms with Crippen molar-refractivity contribution in [3.8, 4) is 22.6 Å². The molecule has 4 rings (SSSR count). The Balaban J connectivity index is 1.92. The minimum absolute atomic E-state index is 0.00566. The zero-order valence-electron chi connectivity index (χ0n) is 15.6. The minimum atomic E-state index is -3.70. The van der Waals surface area contributed by atoms with Crippen molar-refractivity contribution in [3.63, 3.8) is 0 Å². The van der Waals surface area contributed by atoms with Gasteiger partial charge in [0.2, 0.25) is 5.95 Å². The van der Waals surface area contributed by atoms with Crippen LogP contribution in [0.2, 0.25) is 0 Å². The van der Waals surface area contributed by atoms with E-state index < -0.39 is 6.29 Å². The van der Waals surface area contributed by atoms with E-state index in [4.69, 9.17) is 15.2 Å². The topological polar surface area (TPSA) is 94.3 Å². The maximum absolute atomic E-state index is 13.8. The zero-order chi connectivity index (χ0) is 19.9. The van der Waals surface area contributed by atoms with E-state index in [-0.39, 0.29) is 17.4 Å². The molecule has 0 spiro atoms. The highest BCUT2D eigenvalue weighted by atomic mass is 19.3. The van der Waals surface area contributed by atoms with Gasteiger partial charge in [-0.2, -0.15) is 4.98 Å². The number of nitrogens with one attached hydrogen (secondary N) is 2. The summed E-state index contributed by atoms with van der Waals surface area (Å²) in [6, 6.07) is 3.35. The van der Waals surface area contributed by atoms with Crippen LogP contribution in [0.1, 0.15) is 24.1 Å². The first kappa shape index (κ1) is 18.4. The van der Waals surface area contributed by atoms with Crippen LogP contribution in [-0.2, 0) is 0 Å². The molecular weight excluding hydrogens is 368 g/mol. The molecule has 28 heavy (non-hydrogen) atoms. The fourth-order valence-corrected chi connectivity index (χ4v) is 3.60. The predicted molar refractivity (Wildman–Crippen MR) is 102 cm³/mol. The maximum Gasteiger partial charge on any atom is 0.586 e. The first-order valence-electron chi connectivity index (χ1n) is 9.04. The summed E-state index contributed by atoms with van der Waals surface area (Å²) in [5.41, 5.74) is 9.22. The molecule has 0 amide bonds. The number of nitrogens with two attached hydrogens (primary N) is 1. The fraction of sp³-hybridized carbons (Fsp3) is 0.368. The first-order valence-corrected chi connectivity index (χ1v) is 9.04. The van der Waals surface area contributed by atoms with Gasteiger partial charge in [0, 0.05) is 24.7 Å². The Morgan fingerprint density at radius 2 is 2.07 bits per heavy atom. The molecule has 148 valence electrons. The number of fused-ring (bicyclic) bond motifs is 1. The molecule has 1 aromatic carbocycles. The van der Waals surface area contributed by atoms with Gasteiger partial charge in [0.05, 0.1) is 5.69 Å². The van der Waals surface area contributed by atoms with Gasteiger partial charge in [0.15, 0.2) is 11.5 Å². The molecule has 0 atom stereocenters. The number of anilines is 2. The monoisotopic (exact) mass is 389 g/mol. The molecule has 7 nitrogen and oxygen atoms in total. The lowest BCUT2D eigenvalue weighted by molar-refractivity contribution is -0.286. The molecule has 0 saturated carbocycles. The molecular formula is C19H21F2N5O2. The predicted octanol–water partition coefficient (Wildman–Crippen LogP) is 3.16. The number of nitrogen functional groups attached to an aromatic ring is 1. The van der Waals surface area contributed by atoms with Gasteiger partial charge >= 0.3 is 6.29 Å². The molecule has 0 bridgehead atoms. The van der Waals surface area contributed by atoms with Gasteiger partial charge in [0.1, 0.15) is 5.82 Å². The Morgan fingerprint density at radius 3 is 2.86 bits per heavy atom. The van der Waals surface area contributed by atoms with E-state index in [1.165, 1.54) is 6.07 Å². The van der Waals surface area contributed by atoms with Crippen molar-refractivity contribution in [2.24, 2.45) is 0 Å². The molecule has 0 saturated heterocycles. The number of halogens is 2. The molecule has 3 heterocycles. The van der Waals surface area contributed by atoms with E-state index in [0.717, 1.165) is 25.0 Å². The maximum atomic E-state index is 13.8. The highest BCUT2D eigenvalue weighted by molar-refractivity contribution is 5.85. The van der Waals surface area contributed by atoms with Gasteiger partial charge in [-0.15, -0.1) is 8.78 Å². The average molecular weight is 389 g/mol. The van der Waals surface area contributed by atoms with Gasteiger partial charge < -0.3 is 25.8 Å². The molecule has 1 aromatic heterocycles. The Morgan fingerprint density at radius 1 is 1.25 bits per heavy atom. The van der Waals surface area contributed by atoms with E-state index in [1.54, 1.807) is 14.0 Å². The number of rotatable bonds is 3. The number of nitrogens with zero attached hydrogens (tertiary/aromatic N) is 2. The summed E-state index contributed by atoms with van der Waals surface area (Å²) >= 11 is 0.